The summed E-state index contributed by atoms with van der Waals surface area (Å²) in [5.41, 5.74) is 2.90. The van der Waals surface area contributed by atoms with E-state index >= 15 is 0 Å². The van der Waals surface area contributed by atoms with Crippen LogP contribution in [0.5, 0.6) is 0 Å². The molecule has 2 aromatic rings. The van der Waals surface area contributed by atoms with Crippen LogP contribution < -0.4 is 5.32 Å². The van der Waals surface area contributed by atoms with Gasteiger partial charge >= 0.3 is 0 Å². The van der Waals surface area contributed by atoms with Gasteiger partial charge in [0.1, 0.15) is 0 Å². The molecular weight excluding hydrogens is 250 g/mol. The Labute approximate surface area is 111 Å². The van der Waals surface area contributed by atoms with Gasteiger partial charge in [0.2, 0.25) is 0 Å². The molecule has 1 unspecified atom stereocenters. The standard InChI is InChI=1S/C13H16ClN3O/c1-9-12(7-15-17(9)2)13(8-18)16-11-5-3-4-10(14)6-11/h3-7,13,16,18H,8H2,1-2H3. The van der Waals surface area contributed by atoms with Crippen LogP contribution in [0.25, 0.3) is 0 Å². The summed E-state index contributed by atoms with van der Waals surface area (Å²) in [6, 6.07) is 7.25. The number of nitrogens with one attached hydrogen (secondary N) is 1. The lowest BCUT2D eigenvalue weighted by molar-refractivity contribution is 0.276. The van der Waals surface area contributed by atoms with Gasteiger partial charge in [-0.2, -0.15) is 5.10 Å². The Bertz CT molecular complexity index is 539. The Morgan fingerprint density at radius 1 is 1.50 bits per heavy atom. The average molecular weight is 266 g/mol. The van der Waals surface area contributed by atoms with Crippen LogP contribution in [0.15, 0.2) is 30.5 Å². The monoisotopic (exact) mass is 265 g/mol. The maximum absolute atomic E-state index is 9.51. The molecular formula is C13H16ClN3O. The molecule has 2 N–H and O–H groups in total. The van der Waals surface area contributed by atoms with Crippen molar-refractivity contribution in [3.63, 3.8) is 0 Å². The van der Waals surface area contributed by atoms with Gasteiger partial charge in [0.05, 0.1) is 18.8 Å². The van der Waals surface area contributed by atoms with Crippen LogP contribution in [-0.4, -0.2) is 21.5 Å². The van der Waals surface area contributed by atoms with E-state index in [4.69, 9.17) is 11.6 Å². The number of aromatic nitrogens is 2. The zero-order valence-electron chi connectivity index (χ0n) is 10.4. The molecule has 1 heterocycles. The van der Waals surface area contributed by atoms with Crippen LogP contribution in [0.3, 0.4) is 0 Å². The van der Waals surface area contributed by atoms with Crippen molar-refractivity contribution >= 4 is 17.3 Å². The smallest absolute Gasteiger partial charge is 0.0778 e. The second-order valence-corrected chi connectivity index (χ2v) is 4.64. The predicted molar refractivity (Wildman–Crippen MR) is 72.8 cm³/mol. The molecule has 0 aliphatic rings. The van der Waals surface area contributed by atoms with Crippen LogP contribution in [-0.2, 0) is 7.05 Å². The summed E-state index contributed by atoms with van der Waals surface area (Å²) in [5.74, 6) is 0. The van der Waals surface area contributed by atoms with Gasteiger partial charge in [0.25, 0.3) is 0 Å². The van der Waals surface area contributed by atoms with Crippen LogP contribution in [0.2, 0.25) is 5.02 Å². The largest absolute Gasteiger partial charge is 0.394 e. The SMILES string of the molecule is Cc1c(C(CO)Nc2cccc(Cl)c2)cnn1C. The zero-order chi connectivity index (χ0) is 13.1. The van der Waals surface area contributed by atoms with Crippen molar-refractivity contribution in [3.05, 3.63) is 46.7 Å². The summed E-state index contributed by atoms with van der Waals surface area (Å²) >= 11 is 5.93. The first-order valence-electron chi connectivity index (χ1n) is 5.73. The van der Waals surface area contributed by atoms with E-state index in [1.807, 2.05) is 38.2 Å². The Morgan fingerprint density at radius 3 is 2.83 bits per heavy atom. The molecule has 96 valence electrons. The van der Waals surface area contributed by atoms with E-state index in [0.29, 0.717) is 5.02 Å². The van der Waals surface area contributed by atoms with Crippen LogP contribution in [0, 0.1) is 6.92 Å². The van der Waals surface area contributed by atoms with Gasteiger partial charge in [-0.1, -0.05) is 17.7 Å². The van der Waals surface area contributed by atoms with Gasteiger partial charge in [-0.25, -0.2) is 0 Å². The Kier molecular flexibility index (Phi) is 3.89. The highest BCUT2D eigenvalue weighted by atomic mass is 35.5. The first-order chi connectivity index (χ1) is 8.61. The number of benzene rings is 1. The second kappa shape index (κ2) is 5.42. The van der Waals surface area contributed by atoms with Gasteiger partial charge in [-0.05, 0) is 25.1 Å². The average Bonchev–Trinajstić information content (AvgIpc) is 2.67. The molecule has 0 bridgehead atoms. The lowest BCUT2D eigenvalue weighted by Gasteiger charge is -2.17. The fourth-order valence-corrected chi connectivity index (χ4v) is 2.05. The molecule has 0 aliphatic heterocycles. The van der Waals surface area contributed by atoms with Crippen molar-refractivity contribution < 1.29 is 5.11 Å². The highest BCUT2D eigenvalue weighted by molar-refractivity contribution is 6.30. The molecule has 2 rings (SSSR count). The predicted octanol–water partition coefficient (Wildman–Crippen LogP) is 2.53. The summed E-state index contributed by atoms with van der Waals surface area (Å²) in [6.07, 6.45) is 1.77. The Balaban J connectivity index is 2.22. The van der Waals surface area contributed by atoms with Gasteiger partial charge in [0.15, 0.2) is 0 Å². The van der Waals surface area contributed by atoms with Crippen LogP contribution in [0.4, 0.5) is 5.69 Å². The van der Waals surface area contributed by atoms with E-state index in [0.717, 1.165) is 16.9 Å². The highest BCUT2D eigenvalue weighted by Crippen LogP contribution is 2.23. The van der Waals surface area contributed by atoms with E-state index < -0.39 is 0 Å². The van der Waals surface area contributed by atoms with E-state index in [9.17, 15) is 5.11 Å². The maximum atomic E-state index is 9.51. The minimum Gasteiger partial charge on any atom is -0.394 e. The summed E-state index contributed by atoms with van der Waals surface area (Å²) < 4.78 is 1.79. The number of hydrogen-bond donors (Lipinski definition) is 2. The molecule has 0 amide bonds. The number of nitrogens with zero attached hydrogens (tertiary/aromatic N) is 2. The molecule has 0 radical (unpaired) electrons. The summed E-state index contributed by atoms with van der Waals surface area (Å²) in [7, 11) is 1.88. The summed E-state index contributed by atoms with van der Waals surface area (Å²) in [6.45, 7) is 1.98. The molecule has 0 saturated heterocycles. The Morgan fingerprint density at radius 2 is 2.28 bits per heavy atom. The molecule has 1 aromatic heterocycles. The van der Waals surface area contributed by atoms with Crippen molar-refractivity contribution in [2.24, 2.45) is 7.05 Å². The number of anilines is 1. The summed E-state index contributed by atoms with van der Waals surface area (Å²) in [5, 5.41) is 17.6. The van der Waals surface area contributed by atoms with Crippen molar-refractivity contribution in [3.8, 4) is 0 Å². The van der Waals surface area contributed by atoms with Crippen molar-refractivity contribution in [1.29, 1.82) is 0 Å². The first kappa shape index (κ1) is 12.9. The molecule has 4 nitrogen and oxygen atoms in total. The van der Waals surface area contributed by atoms with Gasteiger partial charge in [-0.15, -0.1) is 0 Å². The number of aliphatic hydroxyl groups excluding tert-OH is 1. The van der Waals surface area contributed by atoms with Crippen molar-refractivity contribution in [2.75, 3.05) is 11.9 Å². The van der Waals surface area contributed by atoms with Crippen LogP contribution in [0.1, 0.15) is 17.3 Å². The number of aliphatic hydroxyl groups is 1. The minimum atomic E-state index is -0.183. The molecule has 5 heteroatoms. The highest BCUT2D eigenvalue weighted by Gasteiger charge is 2.15. The van der Waals surface area contributed by atoms with E-state index in [1.54, 1.807) is 10.9 Å². The van der Waals surface area contributed by atoms with Gasteiger partial charge in [-0.3, -0.25) is 4.68 Å². The third-order valence-electron chi connectivity index (χ3n) is 3.00. The van der Waals surface area contributed by atoms with Crippen molar-refractivity contribution in [1.82, 2.24) is 9.78 Å². The molecule has 18 heavy (non-hydrogen) atoms. The van der Waals surface area contributed by atoms with Gasteiger partial charge < -0.3 is 10.4 Å². The normalized spacial score (nSPS) is 12.4. The van der Waals surface area contributed by atoms with Gasteiger partial charge in [0, 0.05) is 29.0 Å². The van der Waals surface area contributed by atoms with E-state index in [2.05, 4.69) is 10.4 Å². The third kappa shape index (κ3) is 2.66. The lowest BCUT2D eigenvalue weighted by atomic mass is 10.1. The molecule has 1 atom stereocenters. The molecule has 1 aromatic carbocycles. The van der Waals surface area contributed by atoms with Crippen LogP contribution >= 0.6 is 11.6 Å². The third-order valence-corrected chi connectivity index (χ3v) is 3.23. The van der Waals surface area contributed by atoms with E-state index in [-0.39, 0.29) is 12.6 Å². The minimum absolute atomic E-state index is 0.000946. The molecule has 0 saturated carbocycles. The Hall–Kier alpha value is -1.52. The topological polar surface area (TPSA) is 50.1 Å². The number of halogens is 1. The zero-order valence-corrected chi connectivity index (χ0v) is 11.1. The summed E-state index contributed by atoms with van der Waals surface area (Å²) in [4.78, 5) is 0. The number of rotatable bonds is 4. The number of aryl methyl sites for hydroxylation is 1. The molecule has 0 spiro atoms. The fraction of sp³-hybridized carbons (Fsp3) is 0.308. The maximum Gasteiger partial charge on any atom is 0.0778 e. The second-order valence-electron chi connectivity index (χ2n) is 4.20. The number of hydrogen-bond acceptors (Lipinski definition) is 3. The fourth-order valence-electron chi connectivity index (χ4n) is 1.86. The first-order valence-corrected chi connectivity index (χ1v) is 6.11. The molecule has 0 aliphatic carbocycles. The molecule has 0 fully saturated rings. The lowest BCUT2D eigenvalue weighted by Crippen LogP contribution is -2.15. The van der Waals surface area contributed by atoms with E-state index in [1.165, 1.54) is 0 Å². The quantitative estimate of drug-likeness (QED) is 0.893. The van der Waals surface area contributed by atoms with Crippen molar-refractivity contribution in [2.45, 2.75) is 13.0 Å².